The van der Waals surface area contributed by atoms with Crippen LogP contribution < -0.4 is 5.32 Å². The molecule has 6 heteroatoms. The molecule has 1 aromatic carbocycles. The Balaban J connectivity index is 2.63. The summed E-state index contributed by atoms with van der Waals surface area (Å²) in [4.78, 5) is 22.0. The van der Waals surface area contributed by atoms with E-state index in [0.29, 0.717) is 15.6 Å². The number of amides is 1. The highest BCUT2D eigenvalue weighted by molar-refractivity contribution is 6.34. The zero-order valence-electron chi connectivity index (χ0n) is 10.2. The number of hydrogen-bond donors (Lipinski definition) is 2. The van der Waals surface area contributed by atoms with E-state index in [-0.39, 0.29) is 12.3 Å². The monoisotopic (exact) mass is 301 g/mol. The number of nitrogens with one attached hydrogen (secondary N) is 1. The Morgan fingerprint density at radius 3 is 2.74 bits per heavy atom. The Kier molecular flexibility index (Phi) is 5.86. The van der Waals surface area contributed by atoms with Crippen LogP contribution in [0.25, 0.3) is 6.08 Å². The van der Waals surface area contributed by atoms with Gasteiger partial charge in [0.1, 0.15) is 0 Å². The molecule has 4 nitrogen and oxygen atoms in total. The minimum absolute atomic E-state index is 0.127. The van der Waals surface area contributed by atoms with Crippen molar-refractivity contribution in [1.82, 2.24) is 5.32 Å². The molecule has 1 rings (SSSR count). The van der Waals surface area contributed by atoms with Crippen LogP contribution in [0.15, 0.2) is 24.3 Å². The maximum atomic E-state index is 11.5. The third kappa shape index (κ3) is 5.77. The van der Waals surface area contributed by atoms with Gasteiger partial charge in [-0.2, -0.15) is 0 Å². The molecule has 0 saturated carbocycles. The van der Waals surface area contributed by atoms with Crippen molar-refractivity contribution < 1.29 is 14.7 Å². The fourth-order valence-electron chi connectivity index (χ4n) is 1.41. The molecule has 0 heterocycles. The SMILES string of the molecule is CC(CC(=O)O)NC(=O)/C=C/c1cc(Cl)ccc1Cl. The predicted molar refractivity (Wildman–Crippen MR) is 75.4 cm³/mol. The van der Waals surface area contributed by atoms with E-state index in [4.69, 9.17) is 28.3 Å². The predicted octanol–water partition coefficient (Wildman–Crippen LogP) is 2.99. The highest BCUT2D eigenvalue weighted by Gasteiger charge is 2.08. The van der Waals surface area contributed by atoms with Crippen LogP contribution in [-0.2, 0) is 9.59 Å². The van der Waals surface area contributed by atoms with Gasteiger partial charge in [-0.1, -0.05) is 23.2 Å². The number of carbonyl (C=O) groups excluding carboxylic acids is 1. The fraction of sp³-hybridized carbons (Fsp3) is 0.231. The molecule has 19 heavy (non-hydrogen) atoms. The molecule has 1 aromatic rings. The topological polar surface area (TPSA) is 66.4 Å². The second-order valence-corrected chi connectivity index (χ2v) is 4.85. The van der Waals surface area contributed by atoms with Crippen molar-refractivity contribution in [2.75, 3.05) is 0 Å². The summed E-state index contributed by atoms with van der Waals surface area (Å²) in [5.41, 5.74) is 0.621. The standard InChI is InChI=1S/C13H13Cl2NO3/c1-8(6-13(18)19)16-12(17)5-2-9-7-10(14)3-4-11(9)15/h2-5,7-8H,6H2,1H3,(H,16,17)(H,18,19)/b5-2+. The van der Waals surface area contributed by atoms with Crippen LogP contribution >= 0.6 is 23.2 Å². The molecule has 0 fully saturated rings. The molecule has 2 N–H and O–H groups in total. The van der Waals surface area contributed by atoms with E-state index in [1.54, 1.807) is 25.1 Å². The van der Waals surface area contributed by atoms with E-state index in [2.05, 4.69) is 5.32 Å². The van der Waals surface area contributed by atoms with Crippen LogP contribution in [0.3, 0.4) is 0 Å². The number of rotatable bonds is 5. The van der Waals surface area contributed by atoms with Crippen LogP contribution in [0, 0.1) is 0 Å². The Hall–Kier alpha value is -1.52. The van der Waals surface area contributed by atoms with Gasteiger partial charge in [0, 0.05) is 22.2 Å². The number of halogens is 2. The van der Waals surface area contributed by atoms with Gasteiger partial charge in [0.2, 0.25) is 5.91 Å². The van der Waals surface area contributed by atoms with E-state index in [0.717, 1.165) is 0 Å². The average Bonchev–Trinajstić information content (AvgIpc) is 2.29. The molecule has 0 bridgehead atoms. The largest absolute Gasteiger partial charge is 0.481 e. The number of carboxylic acid groups (broad SMARTS) is 1. The molecule has 1 amide bonds. The zero-order chi connectivity index (χ0) is 14.4. The molecule has 1 unspecified atom stereocenters. The van der Waals surface area contributed by atoms with Crippen molar-refractivity contribution in [2.45, 2.75) is 19.4 Å². The summed E-state index contributed by atoms with van der Waals surface area (Å²) in [7, 11) is 0. The van der Waals surface area contributed by atoms with Crippen molar-refractivity contribution >= 4 is 41.2 Å². The van der Waals surface area contributed by atoms with Crippen LogP contribution in [0.5, 0.6) is 0 Å². The summed E-state index contributed by atoms with van der Waals surface area (Å²) < 4.78 is 0. The lowest BCUT2D eigenvalue weighted by Crippen LogP contribution is -2.32. The summed E-state index contributed by atoms with van der Waals surface area (Å²) in [5, 5.41) is 12.1. The van der Waals surface area contributed by atoms with Crippen LogP contribution in [0.1, 0.15) is 18.9 Å². The Labute approximate surface area is 121 Å². The summed E-state index contributed by atoms with van der Waals surface area (Å²) in [6, 6.07) is 4.48. The summed E-state index contributed by atoms with van der Waals surface area (Å²) in [6.07, 6.45) is 2.68. The Morgan fingerprint density at radius 1 is 1.42 bits per heavy atom. The molecule has 102 valence electrons. The lowest BCUT2D eigenvalue weighted by Gasteiger charge is -2.09. The summed E-state index contributed by atoms with van der Waals surface area (Å²) >= 11 is 11.8. The Morgan fingerprint density at radius 2 is 2.11 bits per heavy atom. The summed E-state index contributed by atoms with van der Waals surface area (Å²) in [6.45, 7) is 1.62. The average molecular weight is 302 g/mol. The minimum Gasteiger partial charge on any atom is -0.481 e. The van der Waals surface area contributed by atoms with Gasteiger partial charge in [0.25, 0.3) is 0 Å². The lowest BCUT2D eigenvalue weighted by atomic mass is 10.2. The van der Waals surface area contributed by atoms with Crippen LogP contribution in [-0.4, -0.2) is 23.0 Å². The second-order valence-electron chi connectivity index (χ2n) is 4.01. The second kappa shape index (κ2) is 7.16. The first kappa shape index (κ1) is 15.5. The first-order valence-corrected chi connectivity index (χ1v) is 6.29. The van der Waals surface area contributed by atoms with E-state index < -0.39 is 12.0 Å². The van der Waals surface area contributed by atoms with Gasteiger partial charge in [0.15, 0.2) is 0 Å². The van der Waals surface area contributed by atoms with Gasteiger partial charge in [-0.05, 0) is 36.8 Å². The molecule has 0 aliphatic heterocycles. The molecule has 0 aliphatic rings. The molecule has 1 atom stereocenters. The van der Waals surface area contributed by atoms with E-state index >= 15 is 0 Å². The highest BCUT2D eigenvalue weighted by Crippen LogP contribution is 2.21. The van der Waals surface area contributed by atoms with Crippen molar-refractivity contribution in [2.24, 2.45) is 0 Å². The maximum absolute atomic E-state index is 11.5. The van der Waals surface area contributed by atoms with Crippen molar-refractivity contribution in [3.8, 4) is 0 Å². The molecule has 0 aromatic heterocycles. The van der Waals surface area contributed by atoms with Crippen molar-refractivity contribution in [1.29, 1.82) is 0 Å². The van der Waals surface area contributed by atoms with Crippen LogP contribution in [0.4, 0.5) is 0 Å². The van der Waals surface area contributed by atoms with Crippen molar-refractivity contribution in [3.05, 3.63) is 39.9 Å². The molecular weight excluding hydrogens is 289 g/mol. The van der Waals surface area contributed by atoms with Gasteiger partial charge in [-0.25, -0.2) is 0 Å². The zero-order valence-corrected chi connectivity index (χ0v) is 11.7. The third-order valence-corrected chi connectivity index (χ3v) is 2.82. The number of benzene rings is 1. The van der Waals surface area contributed by atoms with Gasteiger partial charge >= 0.3 is 5.97 Å². The van der Waals surface area contributed by atoms with Crippen molar-refractivity contribution in [3.63, 3.8) is 0 Å². The first-order valence-electron chi connectivity index (χ1n) is 5.54. The molecule has 0 radical (unpaired) electrons. The molecule has 0 aliphatic carbocycles. The number of carboxylic acids is 1. The van der Waals surface area contributed by atoms with Crippen LogP contribution in [0.2, 0.25) is 10.0 Å². The molecular formula is C13H13Cl2NO3. The van der Waals surface area contributed by atoms with E-state index in [1.807, 2.05) is 0 Å². The third-order valence-electron chi connectivity index (χ3n) is 2.24. The highest BCUT2D eigenvalue weighted by atomic mass is 35.5. The number of hydrogen-bond acceptors (Lipinski definition) is 2. The Bertz CT molecular complexity index is 515. The lowest BCUT2D eigenvalue weighted by molar-refractivity contribution is -0.137. The smallest absolute Gasteiger partial charge is 0.305 e. The van der Waals surface area contributed by atoms with E-state index in [9.17, 15) is 9.59 Å². The maximum Gasteiger partial charge on any atom is 0.305 e. The molecule has 0 saturated heterocycles. The quantitative estimate of drug-likeness (QED) is 0.822. The van der Waals surface area contributed by atoms with E-state index in [1.165, 1.54) is 12.2 Å². The first-order chi connectivity index (χ1) is 8.88. The van der Waals surface area contributed by atoms with Gasteiger partial charge < -0.3 is 10.4 Å². The minimum atomic E-state index is -0.963. The normalized spacial score (nSPS) is 12.4. The fourth-order valence-corrected chi connectivity index (χ4v) is 1.77. The van der Waals surface area contributed by atoms with Gasteiger partial charge in [-0.15, -0.1) is 0 Å². The van der Waals surface area contributed by atoms with Gasteiger partial charge in [0.05, 0.1) is 6.42 Å². The summed E-state index contributed by atoms with van der Waals surface area (Å²) in [5.74, 6) is -1.35. The number of aliphatic carboxylic acids is 1. The number of carbonyl (C=O) groups is 2. The van der Waals surface area contributed by atoms with Gasteiger partial charge in [-0.3, -0.25) is 9.59 Å². The molecule has 0 spiro atoms.